The summed E-state index contributed by atoms with van der Waals surface area (Å²) in [6.07, 6.45) is 3.38. The first kappa shape index (κ1) is 15.7. The van der Waals surface area contributed by atoms with E-state index in [4.69, 9.17) is 9.15 Å². The second-order valence-corrected chi connectivity index (χ2v) is 5.85. The summed E-state index contributed by atoms with van der Waals surface area (Å²) in [4.78, 5) is 11.1. The Morgan fingerprint density at radius 3 is 2.64 bits per heavy atom. The topological polar surface area (TPSA) is 63.4 Å². The molecule has 1 aliphatic rings. The molecule has 6 nitrogen and oxygen atoms in total. The van der Waals surface area contributed by atoms with Gasteiger partial charge in [-0.3, -0.25) is 0 Å². The molecule has 0 bridgehead atoms. The number of aromatic nitrogens is 2. The highest BCUT2D eigenvalue weighted by Gasteiger charge is 2.10. The van der Waals surface area contributed by atoms with E-state index < -0.39 is 0 Å². The molecule has 1 saturated heterocycles. The van der Waals surface area contributed by atoms with E-state index in [-0.39, 0.29) is 0 Å². The zero-order chi connectivity index (χ0) is 16.9. The molecule has 0 saturated carbocycles. The fraction of sp³-hybridized carbons (Fsp3) is 0.263. The van der Waals surface area contributed by atoms with Crippen molar-refractivity contribution in [3.8, 4) is 11.6 Å². The zero-order valence-electron chi connectivity index (χ0n) is 13.9. The molecule has 6 heteroatoms. The normalized spacial score (nSPS) is 14.5. The van der Waals surface area contributed by atoms with Crippen molar-refractivity contribution in [2.75, 3.05) is 36.5 Å². The Bertz CT molecular complexity index is 797. The molecule has 4 rings (SSSR count). The van der Waals surface area contributed by atoms with Crippen molar-refractivity contribution in [1.29, 1.82) is 0 Å². The highest BCUT2D eigenvalue weighted by molar-refractivity contribution is 5.55. The number of nitrogens with one attached hydrogen (secondary N) is 1. The Balaban J connectivity index is 1.39. The lowest BCUT2D eigenvalue weighted by Gasteiger charge is -2.28. The van der Waals surface area contributed by atoms with Crippen LogP contribution in [0.4, 0.5) is 11.4 Å². The predicted molar refractivity (Wildman–Crippen MR) is 96.5 cm³/mol. The smallest absolute Gasteiger partial charge is 0.195 e. The van der Waals surface area contributed by atoms with Crippen molar-refractivity contribution < 1.29 is 9.15 Å². The third-order valence-electron chi connectivity index (χ3n) is 4.17. The number of ether oxygens (including phenoxy) is 1. The Labute approximate surface area is 146 Å². The molecular formula is C19H20N4O2. The molecule has 0 unspecified atom stereocenters. The average molecular weight is 336 g/mol. The maximum absolute atomic E-state index is 5.40. The van der Waals surface area contributed by atoms with Crippen molar-refractivity contribution in [2.45, 2.75) is 6.54 Å². The minimum absolute atomic E-state index is 0.604. The van der Waals surface area contributed by atoms with Crippen LogP contribution >= 0.6 is 0 Å². The Hall–Kier alpha value is -2.86. The van der Waals surface area contributed by atoms with Crippen LogP contribution in [0.3, 0.4) is 0 Å². The van der Waals surface area contributed by atoms with E-state index in [9.17, 15) is 0 Å². The number of hydrogen-bond donors (Lipinski definition) is 1. The molecule has 3 heterocycles. The van der Waals surface area contributed by atoms with E-state index in [1.807, 2.05) is 18.2 Å². The molecule has 1 aromatic carbocycles. The molecule has 0 amide bonds. The van der Waals surface area contributed by atoms with Gasteiger partial charge in [0.15, 0.2) is 11.6 Å². The number of benzene rings is 1. The second kappa shape index (κ2) is 7.36. The zero-order valence-corrected chi connectivity index (χ0v) is 13.9. The lowest BCUT2D eigenvalue weighted by Crippen LogP contribution is -2.36. The van der Waals surface area contributed by atoms with Gasteiger partial charge in [-0.15, -0.1) is 0 Å². The summed E-state index contributed by atoms with van der Waals surface area (Å²) in [5, 5.41) is 3.40. The largest absolute Gasteiger partial charge is 0.461 e. The summed E-state index contributed by atoms with van der Waals surface area (Å²) >= 11 is 0. The summed E-state index contributed by atoms with van der Waals surface area (Å²) in [5.41, 5.74) is 3.21. The van der Waals surface area contributed by atoms with Gasteiger partial charge in [-0.25, -0.2) is 9.97 Å². The first-order valence-electron chi connectivity index (χ1n) is 8.41. The summed E-state index contributed by atoms with van der Waals surface area (Å²) in [6.45, 7) is 4.12. The minimum Gasteiger partial charge on any atom is -0.461 e. The van der Waals surface area contributed by atoms with Crippen LogP contribution in [0.5, 0.6) is 0 Å². The standard InChI is InChI=1S/C19H20N4O2/c1-2-18(25-11-1)19-20-8-7-16(22-19)14-21-15-3-5-17(6-4-15)23-9-12-24-13-10-23/h1-8,11,21H,9-10,12-14H2. The fourth-order valence-electron chi connectivity index (χ4n) is 2.82. The first-order valence-corrected chi connectivity index (χ1v) is 8.41. The molecule has 0 aliphatic carbocycles. The molecule has 0 radical (unpaired) electrons. The Morgan fingerprint density at radius 1 is 1.04 bits per heavy atom. The van der Waals surface area contributed by atoms with Gasteiger partial charge in [0.1, 0.15) is 0 Å². The van der Waals surface area contributed by atoms with Gasteiger partial charge in [0.2, 0.25) is 0 Å². The highest BCUT2D eigenvalue weighted by Crippen LogP contribution is 2.20. The van der Waals surface area contributed by atoms with E-state index in [1.165, 1.54) is 5.69 Å². The SMILES string of the molecule is c1coc(-c2nccc(CNc3ccc(N4CCOCC4)cc3)n2)c1. The molecule has 1 aliphatic heterocycles. The summed E-state index contributed by atoms with van der Waals surface area (Å²) < 4.78 is 10.7. The molecule has 3 aromatic rings. The van der Waals surface area contributed by atoms with Crippen molar-refractivity contribution >= 4 is 11.4 Å². The van der Waals surface area contributed by atoms with Gasteiger partial charge in [0, 0.05) is 30.7 Å². The van der Waals surface area contributed by atoms with Gasteiger partial charge in [-0.2, -0.15) is 0 Å². The number of anilines is 2. The average Bonchev–Trinajstić information content (AvgIpc) is 3.23. The molecule has 1 fully saturated rings. The maximum Gasteiger partial charge on any atom is 0.195 e. The monoisotopic (exact) mass is 336 g/mol. The molecule has 128 valence electrons. The lowest BCUT2D eigenvalue weighted by atomic mass is 10.2. The number of rotatable bonds is 5. The van der Waals surface area contributed by atoms with Crippen LogP contribution in [-0.4, -0.2) is 36.3 Å². The minimum atomic E-state index is 0.604. The van der Waals surface area contributed by atoms with E-state index >= 15 is 0 Å². The Kier molecular flexibility index (Phi) is 4.61. The van der Waals surface area contributed by atoms with Gasteiger partial charge in [-0.1, -0.05) is 0 Å². The van der Waals surface area contributed by atoms with Crippen LogP contribution in [-0.2, 0) is 11.3 Å². The van der Waals surface area contributed by atoms with Crippen LogP contribution in [0.15, 0.2) is 59.3 Å². The Morgan fingerprint density at radius 2 is 1.88 bits per heavy atom. The van der Waals surface area contributed by atoms with E-state index in [1.54, 1.807) is 12.5 Å². The fourth-order valence-corrected chi connectivity index (χ4v) is 2.82. The van der Waals surface area contributed by atoms with Gasteiger partial charge in [-0.05, 0) is 42.5 Å². The molecule has 25 heavy (non-hydrogen) atoms. The van der Waals surface area contributed by atoms with Gasteiger partial charge in [0.05, 0.1) is 31.7 Å². The van der Waals surface area contributed by atoms with E-state index in [0.29, 0.717) is 18.1 Å². The quantitative estimate of drug-likeness (QED) is 0.772. The van der Waals surface area contributed by atoms with Crippen molar-refractivity contribution in [1.82, 2.24) is 9.97 Å². The van der Waals surface area contributed by atoms with Crippen LogP contribution in [0.25, 0.3) is 11.6 Å². The molecular weight excluding hydrogens is 316 g/mol. The third kappa shape index (κ3) is 3.80. The van der Waals surface area contributed by atoms with Crippen LogP contribution in [0.2, 0.25) is 0 Å². The molecule has 1 N–H and O–H groups in total. The number of hydrogen-bond acceptors (Lipinski definition) is 6. The summed E-state index contributed by atoms with van der Waals surface area (Å²) in [5.74, 6) is 1.28. The summed E-state index contributed by atoms with van der Waals surface area (Å²) in [7, 11) is 0. The molecule has 2 aromatic heterocycles. The summed E-state index contributed by atoms with van der Waals surface area (Å²) in [6, 6.07) is 14.1. The van der Waals surface area contributed by atoms with E-state index in [0.717, 1.165) is 37.7 Å². The number of furan rings is 1. The number of nitrogens with zero attached hydrogens (tertiary/aromatic N) is 3. The number of morpholine rings is 1. The highest BCUT2D eigenvalue weighted by atomic mass is 16.5. The lowest BCUT2D eigenvalue weighted by molar-refractivity contribution is 0.122. The van der Waals surface area contributed by atoms with Crippen LogP contribution in [0, 0.1) is 0 Å². The van der Waals surface area contributed by atoms with E-state index in [2.05, 4.69) is 44.5 Å². The molecule has 0 spiro atoms. The second-order valence-electron chi connectivity index (χ2n) is 5.85. The predicted octanol–water partition coefficient (Wildman–Crippen LogP) is 3.19. The van der Waals surface area contributed by atoms with Crippen molar-refractivity contribution in [2.24, 2.45) is 0 Å². The first-order chi connectivity index (χ1) is 12.4. The van der Waals surface area contributed by atoms with Crippen LogP contribution in [0.1, 0.15) is 5.69 Å². The molecule has 0 atom stereocenters. The maximum atomic E-state index is 5.40. The van der Waals surface area contributed by atoms with Gasteiger partial charge >= 0.3 is 0 Å². The van der Waals surface area contributed by atoms with Gasteiger partial charge in [0.25, 0.3) is 0 Å². The van der Waals surface area contributed by atoms with Crippen molar-refractivity contribution in [3.05, 3.63) is 60.6 Å². The van der Waals surface area contributed by atoms with Crippen molar-refractivity contribution in [3.63, 3.8) is 0 Å². The van der Waals surface area contributed by atoms with Crippen LogP contribution < -0.4 is 10.2 Å². The third-order valence-corrected chi connectivity index (χ3v) is 4.17. The van der Waals surface area contributed by atoms with Gasteiger partial charge < -0.3 is 19.4 Å².